The van der Waals surface area contributed by atoms with Crippen molar-refractivity contribution in [3.63, 3.8) is 0 Å². The van der Waals surface area contributed by atoms with Crippen LogP contribution in [0.4, 0.5) is 0 Å². The number of carbonyl (C=O) groups excluding carboxylic acids is 1. The van der Waals surface area contributed by atoms with Gasteiger partial charge in [-0.15, -0.1) is 0 Å². The Morgan fingerprint density at radius 1 is 1.60 bits per heavy atom. The second-order valence-corrected chi connectivity index (χ2v) is 4.12. The van der Waals surface area contributed by atoms with E-state index in [1.165, 1.54) is 6.20 Å². The minimum absolute atomic E-state index is 0.165. The van der Waals surface area contributed by atoms with Gasteiger partial charge in [-0.05, 0) is 12.8 Å². The zero-order valence-electron chi connectivity index (χ0n) is 7.77. The normalized spacial score (nSPS) is 17.1. The lowest BCUT2D eigenvalue weighted by molar-refractivity contribution is -0.143. The number of carboxylic acid groups (broad SMARTS) is 1. The van der Waals surface area contributed by atoms with E-state index in [2.05, 4.69) is 14.1 Å². The van der Waals surface area contributed by atoms with E-state index < -0.39 is 11.4 Å². The van der Waals surface area contributed by atoms with Crippen LogP contribution in [0.3, 0.4) is 0 Å². The van der Waals surface area contributed by atoms with Crippen LogP contribution in [0.2, 0.25) is 0 Å². The summed E-state index contributed by atoms with van der Waals surface area (Å²) in [6, 6.07) is 0. The maximum absolute atomic E-state index is 11.4. The second kappa shape index (κ2) is 3.58. The molecular formula is C8H9N3O3S. The molecule has 0 radical (unpaired) electrons. The van der Waals surface area contributed by atoms with Crippen LogP contribution in [0.25, 0.3) is 0 Å². The quantitative estimate of drug-likeness (QED) is 0.762. The van der Waals surface area contributed by atoms with Crippen molar-refractivity contribution in [3.05, 3.63) is 11.9 Å². The molecule has 0 unspecified atom stereocenters. The van der Waals surface area contributed by atoms with Crippen LogP contribution >= 0.6 is 11.7 Å². The Morgan fingerprint density at radius 2 is 2.33 bits per heavy atom. The zero-order chi connectivity index (χ0) is 10.9. The number of hydrogen-bond acceptors (Lipinski definition) is 5. The summed E-state index contributed by atoms with van der Waals surface area (Å²) in [6.07, 6.45) is 2.61. The van der Waals surface area contributed by atoms with Gasteiger partial charge < -0.3 is 10.4 Å². The molecule has 0 aromatic carbocycles. The smallest absolute Gasteiger partial charge is 0.311 e. The zero-order valence-corrected chi connectivity index (χ0v) is 8.58. The lowest BCUT2D eigenvalue weighted by Crippen LogP contribution is -2.34. The first-order valence-electron chi connectivity index (χ1n) is 4.43. The maximum atomic E-state index is 11.4. The number of hydrogen-bond donors (Lipinski definition) is 2. The molecule has 1 amide bonds. The lowest BCUT2D eigenvalue weighted by Gasteiger charge is -2.09. The molecule has 1 aromatic rings. The molecule has 6 nitrogen and oxygen atoms in total. The molecule has 0 bridgehead atoms. The molecule has 0 saturated heterocycles. The Hall–Kier alpha value is -1.50. The topological polar surface area (TPSA) is 92.2 Å². The van der Waals surface area contributed by atoms with Gasteiger partial charge in [-0.3, -0.25) is 9.59 Å². The molecule has 1 heterocycles. The van der Waals surface area contributed by atoms with Gasteiger partial charge in [0.1, 0.15) is 0 Å². The summed E-state index contributed by atoms with van der Waals surface area (Å²) in [7, 11) is 0. The van der Waals surface area contributed by atoms with Crippen LogP contribution in [0.1, 0.15) is 23.3 Å². The SMILES string of the molecule is O=C(NCC1(C(=O)O)CC1)c1cnsn1. The predicted octanol–water partition coefficient (Wildman–Crippen LogP) is 0.133. The highest BCUT2D eigenvalue weighted by molar-refractivity contribution is 6.99. The van der Waals surface area contributed by atoms with E-state index in [1.54, 1.807) is 0 Å². The van der Waals surface area contributed by atoms with Crippen molar-refractivity contribution in [2.45, 2.75) is 12.8 Å². The summed E-state index contributed by atoms with van der Waals surface area (Å²) in [6.45, 7) is 0.165. The summed E-state index contributed by atoms with van der Waals surface area (Å²) in [5, 5.41) is 11.4. The van der Waals surface area contributed by atoms with Crippen molar-refractivity contribution in [2.24, 2.45) is 5.41 Å². The van der Waals surface area contributed by atoms with Crippen molar-refractivity contribution in [1.82, 2.24) is 14.1 Å². The van der Waals surface area contributed by atoms with Crippen LogP contribution in [0.15, 0.2) is 6.20 Å². The molecule has 1 aliphatic rings. The first kappa shape index (κ1) is 10.0. The summed E-state index contributed by atoms with van der Waals surface area (Å²) >= 11 is 0.946. The highest BCUT2D eigenvalue weighted by Crippen LogP contribution is 2.45. The number of carbonyl (C=O) groups is 2. The third-order valence-electron chi connectivity index (χ3n) is 2.49. The third kappa shape index (κ3) is 1.96. The summed E-state index contributed by atoms with van der Waals surface area (Å²) < 4.78 is 7.44. The molecule has 1 aliphatic carbocycles. The van der Waals surface area contributed by atoms with Gasteiger partial charge in [0.2, 0.25) is 0 Å². The summed E-state index contributed by atoms with van der Waals surface area (Å²) in [4.78, 5) is 22.2. The van der Waals surface area contributed by atoms with Crippen LogP contribution in [-0.4, -0.2) is 32.3 Å². The van der Waals surface area contributed by atoms with Crippen molar-refractivity contribution >= 4 is 23.6 Å². The minimum Gasteiger partial charge on any atom is -0.481 e. The average Bonchev–Trinajstić information content (AvgIpc) is 2.80. The molecule has 80 valence electrons. The Bertz CT molecular complexity index is 386. The van der Waals surface area contributed by atoms with Gasteiger partial charge in [-0.25, -0.2) is 0 Å². The molecule has 0 atom stereocenters. The van der Waals surface area contributed by atoms with Gasteiger partial charge in [0.05, 0.1) is 23.3 Å². The van der Waals surface area contributed by atoms with Crippen LogP contribution in [0.5, 0.6) is 0 Å². The Balaban J connectivity index is 1.89. The fourth-order valence-electron chi connectivity index (χ4n) is 1.22. The monoisotopic (exact) mass is 227 g/mol. The molecule has 0 aliphatic heterocycles. The van der Waals surface area contributed by atoms with Crippen LogP contribution in [-0.2, 0) is 4.79 Å². The van der Waals surface area contributed by atoms with Gasteiger partial charge in [-0.2, -0.15) is 8.75 Å². The lowest BCUT2D eigenvalue weighted by atomic mass is 10.1. The number of carboxylic acids is 1. The average molecular weight is 227 g/mol. The van der Waals surface area contributed by atoms with Gasteiger partial charge in [0.15, 0.2) is 5.69 Å². The largest absolute Gasteiger partial charge is 0.481 e. The molecule has 2 rings (SSSR count). The minimum atomic E-state index is -0.848. The fraction of sp³-hybridized carbons (Fsp3) is 0.500. The van der Waals surface area contributed by atoms with E-state index in [1.807, 2.05) is 0 Å². The fourth-order valence-corrected chi connectivity index (χ4v) is 1.63. The van der Waals surface area contributed by atoms with E-state index in [9.17, 15) is 9.59 Å². The molecule has 0 spiro atoms. The van der Waals surface area contributed by atoms with Gasteiger partial charge in [0, 0.05) is 6.54 Å². The molecule has 15 heavy (non-hydrogen) atoms. The maximum Gasteiger partial charge on any atom is 0.311 e. The van der Waals surface area contributed by atoms with Gasteiger partial charge >= 0.3 is 5.97 Å². The van der Waals surface area contributed by atoms with E-state index in [-0.39, 0.29) is 18.1 Å². The molecule has 1 aromatic heterocycles. The highest BCUT2D eigenvalue weighted by Gasteiger charge is 2.50. The van der Waals surface area contributed by atoms with Crippen molar-refractivity contribution in [1.29, 1.82) is 0 Å². The summed E-state index contributed by atoms with van der Waals surface area (Å²) in [5.74, 6) is -1.21. The number of aliphatic carboxylic acids is 1. The highest BCUT2D eigenvalue weighted by atomic mass is 32.1. The van der Waals surface area contributed by atoms with Crippen LogP contribution in [0, 0.1) is 5.41 Å². The Labute approximate surface area is 89.6 Å². The standard InChI is InChI=1S/C8H9N3O3S/c12-6(5-3-10-15-11-5)9-4-8(1-2-8)7(13)14/h3H,1-2,4H2,(H,9,12)(H,13,14). The molecule has 7 heteroatoms. The van der Waals surface area contributed by atoms with E-state index in [0.717, 1.165) is 11.7 Å². The van der Waals surface area contributed by atoms with Crippen molar-refractivity contribution < 1.29 is 14.7 Å². The van der Waals surface area contributed by atoms with Gasteiger partial charge in [-0.1, -0.05) is 0 Å². The van der Waals surface area contributed by atoms with E-state index >= 15 is 0 Å². The van der Waals surface area contributed by atoms with Crippen LogP contribution < -0.4 is 5.32 Å². The Kier molecular flexibility index (Phi) is 2.39. The first-order valence-corrected chi connectivity index (χ1v) is 5.16. The number of amides is 1. The predicted molar refractivity (Wildman–Crippen MR) is 51.5 cm³/mol. The molecular weight excluding hydrogens is 218 g/mol. The van der Waals surface area contributed by atoms with E-state index in [0.29, 0.717) is 12.8 Å². The molecule has 2 N–H and O–H groups in total. The van der Waals surface area contributed by atoms with Crippen molar-refractivity contribution in [3.8, 4) is 0 Å². The number of nitrogens with one attached hydrogen (secondary N) is 1. The van der Waals surface area contributed by atoms with Gasteiger partial charge in [0.25, 0.3) is 5.91 Å². The number of rotatable bonds is 4. The Morgan fingerprint density at radius 3 is 2.80 bits per heavy atom. The molecule has 1 saturated carbocycles. The number of nitrogens with zero attached hydrogens (tertiary/aromatic N) is 2. The van der Waals surface area contributed by atoms with E-state index in [4.69, 9.17) is 5.11 Å². The number of aromatic nitrogens is 2. The third-order valence-corrected chi connectivity index (χ3v) is 2.97. The first-order chi connectivity index (χ1) is 7.14. The van der Waals surface area contributed by atoms with Crippen molar-refractivity contribution in [2.75, 3.05) is 6.54 Å². The summed E-state index contributed by atoms with van der Waals surface area (Å²) in [5.41, 5.74) is -0.500. The second-order valence-electron chi connectivity index (χ2n) is 3.56. The molecule has 1 fully saturated rings.